The minimum Gasteiger partial charge on any atom is -0.357 e. The molecular formula is C23H32N4O2S. The van der Waals surface area contributed by atoms with E-state index in [1.54, 1.807) is 12.1 Å². The second-order valence-electron chi connectivity index (χ2n) is 7.78. The van der Waals surface area contributed by atoms with Crippen molar-refractivity contribution in [2.45, 2.75) is 44.0 Å². The molecule has 0 aliphatic carbocycles. The summed E-state index contributed by atoms with van der Waals surface area (Å²) in [6, 6.07) is 17.5. The molecule has 7 heteroatoms. The van der Waals surface area contributed by atoms with E-state index in [0.29, 0.717) is 18.4 Å². The summed E-state index contributed by atoms with van der Waals surface area (Å²) in [6.07, 6.45) is 2.21. The summed E-state index contributed by atoms with van der Waals surface area (Å²) in [5.41, 5.74) is 2.24. The largest absolute Gasteiger partial charge is 0.357 e. The minimum atomic E-state index is -3.71. The topological polar surface area (TPSA) is 87.8 Å². The molecule has 1 saturated heterocycles. The Kier molecular flexibility index (Phi) is 7.50. The van der Waals surface area contributed by atoms with Crippen LogP contribution < -0.4 is 10.5 Å². The first-order valence-electron chi connectivity index (χ1n) is 10.6. The van der Waals surface area contributed by atoms with Gasteiger partial charge in [0.1, 0.15) is 0 Å². The lowest BCUT2D eigenvalue weighted by molar-refractivity contribution is 0.215. The van der Waals surface area contributed by atoms with E-state index in [0.717, 1.165) is 44.0 Å². The third-order valence-electron chi connectivity index (χ3n) is 5.76. The number of benzene rings is 2. The molecule has 0 bridgehead atoms. The molecule has 0 spiro atoms. The van der Waals surface area contributed by atoms with E-state index >= 15 is 0 Å². The third kappa shape index (κ3) is 5.61. The van der Waals surface area contributed by atoms with Gasteiger partial charge in [-0.3, -0.25) is 0 Å². The Bertz CT molecular complexity index is 960. The van der Waals surface area contributed by atoms with Crippen molar-refractivity contribution in [1.82, 2.24) is 10.2 Å². The highest BCUT2D eigenvalue weighted by Gasteiger charge is 2.30. The maximum atomic E-state index is 11.6. The molecule has 2 aromatic carbocycles. The Hall–Kier alpha value is -2.38. The quantitative estimate of drug-likeness (QED) is 0.546. The summed E-state index contributed by atoms with van der Waals surface area (Å²) in [5, 5.41) is 8.65. The van der Waals surface area contributed by atoms with E-state index in [-0.39, 0.29) is 4.90 Å². The molecule has 1 heterocycles. The van der Waals surface area contributed by atoms with Crippen molar-refractivity contribution in [2.24, 2.45) is 16.0 Å². The zero-order valence-electron chi connectivity index (χ0n) is 17.8. The summed E-state index contributed by atoms with van der Waals surface area (Å²) in [4.78, 5) is 7.25. The molecule has 0 aromatic heterocycles. The average Bonchev–Trinajstić information content (AvgIpc) is 2.76. The Morgan fingerprint density at radius 1 is 1.17 bits per heavy atom. The molecule has 30 heavy (non-hydrogen) atoms. The summed E-state index contributed by atoms with van der Waals surface area (Å²) in [5.74, 6) is 2.01. The Balaban J connectivity index is 1.75. The molecule has 0 saturated carbocycles. The summed E-state index contributed by atoms with van der Waals surface area (Å²) < 4.78 is 23.2. The highest BCUT2D eigenvalue weighted by atomic mass is 32.2. The highest BCUT2D eigenvalue weighted by Crippen LogP contribution is 2.34. The fraction of sp³-hybridized carbons (Fsp3) is 0.435. The maximum absolute atomic E-state index is 11.6. The lowest BCUT2D eigenvalue weighted by atomic mass is 9.79. The maximum Gasteiger partial charge on any atom is 0.238 e. The SMILES string of the molecule is CCNC(=NCc1cccc(S(N)(=O)=O)c1)N1CCC(c2ccccc2)C(CC)C1. The van der Waals surface area contributed by atoms with Gasteiger partial charge in [0.15, 0.2) is 5.96 Å². The minimum absolute atomic E-state index is 0.120. The van der Waals surface area contributed by atoms with Gasteiger partial charge in [0, 0.05) is 19.6 Å². The van der Waals surface area contributed by atoms with Gasteiger partial charge in [-0.1, -0.05) is 55.8 Å². The van der Waals surface area contributed by atoms with Gasteiger partial charge in [0.2, 0.25) is 10.0 Å². The molecule has 1 fully saturated rings. The first kappa shape index (κ1) is 22.3. The highest BCUT2D eigenvalue weighted by molar-refractivity contribution is 7.89. The van der Waals surface area contributed by atoms with Crippen LogP contribution in [0.5, 0.6) is 0 Å². The molecule has 6 nitrogen and oxygen atoms in total. The number of nitrogens with zero attached hydrogens (tertiary/aromatic N) is 2. The van der Waals surface area contributed by atoms with E-state index in [1.165, 1.54) is 11.6 Å². The molecule has 2 unspecified atom stereocenters. The number of hydrogen-bond acceptors (Lipinski definition) is 3. The molecular weight excluding hydrogens is 396 g/mol. The number of nitrogens with one attached hydrogen (secondary N) is 1. The van der Waals surface area contributed by atoms with E-state index in [4.69, 9.17) is 10.1 Å². The number of primary sulfonamides is 1. The molecule has 1 aliphatic heterocycles. The van der Waals surface area contributed by atoms with Crippen molar-refractivity contribution in [3.05, 3.63) is 65.7 Å². The van der Waals surface area contributed by atoms with Crippen molar-refractivity contribution < 1.29 is 8.42 Å². The lowest BCUT2D eigenvalue weighted by Crippen LogP contribution is -2.48. The Morgan fingerprint density at radius 2 is 1.93 bits per heavy atom. The number of sulfonamides is 1. The average molecular weight is 429 g/mol. The van der Waals surface area contributed by atoms with Crippen LogP contribution >= 0.6 is 0 Å². The molecule has 0 amide bonds. The molecule has 1 aliphatic rings. The van der Waals surface area contributed by atoms with Crippen LogP contribution in [-0.4, -0.2) is 38.9 Å². The van der Waals surface area contributed by atoms with E-state index in [9.17, 15) is 8.42 Å². The van der Waals surface area contributed by atoms with Crippen molar-refractivity contribution in [3.63, 3.8) is 0 Å². The number of piperidine rings is 1. The fourth-order valence-electron chi connectivity index (χ4n) is 4.19. The van der Waals surface area contributed by atoms with Gasteiger partial charge in [0.05, 0.1) is 11.4 Å². The summed E-state index contributed by atoms with van der Waals surface area (Å²) in [7, 11) is -3.71. The molecule has 2 atom stereocenters. The smallest absolute Gasteiger partial charge is 0.238 e. The molecule has 3 rings (SSSR count). The number of likely N-dealkylation sites (tertiary alicyclic amines) is 1. The number of rotatable bonds is 6. The van der Waals surface area contributed by atoms with Crippen molar-refractivity contribution in [2.75, 3.05) is 19.6 Å². The number of guanidine groups is 1. The van der Waals surface area contributed by atoms with Gasteiger partial charge in [-0.15, -0.1) is 0 Å². The van der Waals surface area contributed by atoms with Crippen molar-refractivity contribution in [1.29, 1.82) is 0 Å². The second-order valence-corrected chi connectivity index (χ2v) is 9.34. The molecule has 0 radical (unpaired) electrons. The summed E-state index contributed by atoms with van der Waals surface area (Å²) in [6.45, 7) is 7.41. The van der Waals surface area contributed by atoms with Crippen LogP contribution in [0.15, 0.2) is 64.5 Å². The van der Waals surface area contributed by atoms with Gasteiger partial charge in [0.25, 0.3) is 0 Å². The molecule has 162 valence electrons. The van der Waals surface area contributed by atoms with E-state index in [1.807, 2.05) is 6.07 Å². The van der Waals surface area contributed by atoms with Crippen LogP contribution in [0.1, 0.15) is 43.7 Å². The number of hydrogen-bond donors (Lipinski definition) is 2. The fourth-order valence-corrected chi connectivity index (χ4v) is 4.77. The van der Waals surface area contributed by atoms with Crippen LogP contribution in [0.4, 0.5) is 0 Å². The number of nitrogens with two attached hydrogens (primary N) is 1. The Labute approximate surface area is 180 Å². The van der Waals surface area contributed by atoms with Crippen LogP contribution in [0.3, 0.4) is 0 Å². The molecule has 3 N–H and O–H groups in total. The van der Waals surface area contributed by atoms with Crippen LogP contribution in [0, 0.1) is 5.92 Å². The van der Waals surface area contributed by atoms with Crippen LogP contribution in [0.25, 0.3) is 0 Å². The lowest BCUT2D eigenvalue weighted by Gasteiger charge is -2.40. The first-order chi connectivity index (χ1) is 14.4. The van der Waals surface area contributed by atoms with Gasteiger partial charge in [-0.2, -0.15) is 0 Å². The summed E-state index contributed by atoms with van der Waals surface area (Å²) >= 11 is 0. The zero-order chi connectivity index (χ0) is 21.6. The van der Waals surface area contributed by atoms with Crippen LogP contribution in [-0.2, 0) is 16.6 Å². The number of aliphatic imine (C=N–C) groups is 1. The second kappa shape index (κ2) is 10.1. The Morgan fingerprint density at radius 3 is 2.60 bits per heavy atom. The van der Waals surface area contributed by atoms with E-state index in [2.05, 4.69) is 54.4 Å². The normalized spacial score (nSPS) is 20.2. The van der Waals surface area contributed by atoms with Gasteiger partial charge in [-0.25, -0.2) is 18.5 Å². The predicted octanol–water partition coefficient (Wildman–Crippen LogP) is 3.32. The zero-order valence-corrected chi connectivity index (χ0v) is 18.6. The van der Waals surface area contributed by atoms with Gasteiger partial charge in [-0.05, 0) is 48.4 Å². The third-order valence-corrected chi connectivity index (χ3v) is 6.67. The van der Waals surface area contributed by atoms with Crippen LogP contribution in [0.2, 0.25) is 0 Å². The van der Waals surface area contributed by atoms with Gasteiger partial charge >= 0.3 is 0 Å². The predicted molar refractivity (Wildman–Crippen MR) is 122 cm³/mol. The monoisotopic (exact) mass is 428 g/mol. The van der Waals surface area contributed by atoms with E-state index < -0.39 is 10.0 Å². The standard InChI is InChI=1S/C23H32N4O2S/c1-3-19-17-27(14-13-22(19)20-10-6-5-7-11-20)23(25-4-2)26-16-18-9-8-12-21(15-18)30(24,28)29/h5-12,15,19,22H,3-4,13-14,16-17H2,1-2H3,(H,25,26)(H2,24,28,29). The van der Waals surface area contributed by atoms with Crippen molar-refractivity contribution >= 4 is 16.0 Å². The van der Waals surface area contributed by atoms with Crippen molar-refractivity contribution in [3.8, 4) is 0 Å². The first-order valence-corrected chi connectivity index (χ1v) is 12.2. The van der Waals surface area contributed by atoms with Gasteiger partial charge < -0.3 is 10.2 Å². The molecule has 2 aromatic rings.